The molecule has 0 bridgehead atoms. The zero-order valence-corrected chi connectivity index (χ0v) is 9.71. The monoisotopic (exact) mass is 245 g/mol. The molecule has 0 heterocycles. The summed E-state index contributed by atoms with van der Waals surface area (Å²) in [5, 5.41) is 0. The van der Waals surface area contributed by atoms with Crippen molar-refractivity contribution in [3.05, 3.63) is 23.8 Å². The van der Waals surface area contributed by atoms with Crippen LogP contribution in [0.5, 0.6) is 5.75 Å². The molecule has 17 heavy (non-hydrogen) atoms. The Morgan fingerprint density at radius 1 is 1.24 bits per heavy atom. The SMILES string of the molecule is CN(C)c1cc(OC2CC2)ccc1C(F)(F)F. The lowest BCUT2D eigenvalue weighted by atomic mass is 10.1. The van der Waals surface area contributed by atoms with E-state index in [0.717, 1.165) is 18.9 Å². The Balaban J connectivity index is 2.33. The fourth-order valence-electron chi connectivity index (χ4n) is 1.57. The van der Waals surface area contributed by atoms with E-state index in [4.69, 9.17) is 4.74 Å². The topological polar surface area (TPSA) is 12.5 Å². The third kappa shape index (κ3) is 2.84. The highest BCUT2D eigenvalue weighted by Crippen LogP contribution is 2.38. The van der Waals surface area contributed by atoms with Crippen LogP contribution in [-0.4, -0.2) is 20.2 Å². The van der Waals surface area contributed by atoms with E-state index in [2.05, 4.69) is 0 Å². The Morgan fingerprint density at radius 2 is 1.88 bits per heavy atom. The molecule has 0 amide bonds. The van der Waals surface area contributed by atoms with Crippen LogP contribution in [0, 0.1) is 0 Å². The van der Waals surface area contributed by atoms with Crippen molar-refractivity contribution in [3.63, 3.8) is 0 Å². The van der Waals surface area contributed by atoms with E-state index in [0.29, 0.717) is 5.75 Å². The molecule has 1 aromatic rings. The fraction of sp³-hybridized carbons (Fsp3) is 0.500. The van der Waals surface area contributed by atoms with Crippen LogP contribution in [0.15, 0.2) is 18.2 Å². The maximum absolute atomic E-state index is 12.7. The van der Waals surface area contributed by atoms with Crippen LogP contribution < -0.4 is 9.64 Å². The molecule has 0 saturated heterocycles. The molecule has 0 unspecified atom stereocenters. The first-order chi connectivity index (χ1) is 7.88. The van der Waals surface area contributed by atoms with Gasteiger partial charge in [0.25, 0.3) is 0 Å². The molecule has 1 aromatic carbocycles. The Morgan fingerprint density at radius 3 is 2.35 bits per heavy atom. The van der Waals surface area contributed by atoms with Crippen LogP contribution in [0.4, 0.5) is 18.9 Å². The zero-order chi connectivity index (χ0) is 12.6. The van der Waals surface area contributed by atoms with Crippen molar-refractivity contribution in [3.8, 4) is 5.75 Å². The second-order valence-corrected chi connectivity index (χ2v) is 4.39. The molecule has 2 nitrogen and oxygen atoms in total. The molecule has 0 spiro atoms. The van der Waals surface area contributed by atoms with Crippen LogP contribution >= 0.6 is 0 Å². The van der Waals surface area contributed by atoms with Crippen molar-refractivity contribution in [2.24, 2.45) is 0 Å². The third-order valence-electron chi connectivity index (χ3n) is 2.58. The van der Waals surface area contributed by atoms with E-state index < -0.39 is 11.7 Å². The summed E-state index contributed by atoms with van der Waals surface area (Å²) >= 11 is 0. The van der Waals surface area contributed by atoms with E-state index in [1.165, 1.54) is 17.0 Å². The summed E-state index contributed by atoms with van der Waals surface area (Å²) < 4.78 is 43.7. The van der Waals surface area contributed by atoms with E-state index in [1.54, 1.807) is 14.1 Å². The minimum Gasteiger partial charge on any atom is -0.490 e. The minimum absolute atomic E-state index is 0.135. The van der Waals surface area contributed by atoms with Gasteiger partial charge in [-0.15, -0.1) is 0 Å². The van der Waals surface area contributed by atoms with Crippen molar-refractivity contribution in [2.45, 2.75) is 25.1 Å². The summed E-state index contributed by atoms with van der Waals surface area (Å²) in [4.78, 5) is 1.45. The summed E-state index contributed by atoms with van der Waals surface area (Å²) in [5.74, 6) is 0.504. The maximum atomic E-state index is 12.7. The Kier molecular flexibility index (Phi) is 2.93. The summed E-state index contributed by atoms with van der Waals surface area (Å²) in [5.41, 5.74) is -0.499. The quantitative estimate of drug-likeness (QED) is 0.810. The third-order valence-corrected chi connectivity index (χ3v) is 2.58. The second kappa shape index (κ2) is 4.13. The van der Waals surface area contributed by atoms with E-state index in [9.17, 15) is 13.2 Å². The van der Waals surface area contributed by atoms with Gasteiger partial charge in [0.2, 0.25) is 0 Å². The van der Waals surface area contributed by atoms with E-state index >= 15 is 0 Å². The molecule has 5 heteroatoms. The lowest BCUT2D eigenvalue weighted by molar-refractivity contribution is -0.137. The van der Waals surface area contributed by atoms with Gasteiger partial charge in [0.15, 0.2) is 0 Å². The number of ether oxygens (including phenoxy) is 1. The minimum atomic E-state index is -4.34. The lowest BCUT2D eigenvalue weighted by Crippen LogP contribution is -2.16. The van der Waals surface area contributed by atoms with Gasteiger partial charge >= 0.3 is 6.18 Å². The van der Waals surface area contributed by atoms with E-state index in [-0.39, 0.29) is 11.8 Å². The molecule has 0 N–H and O–H groups in total. The normalized spacial score (nSPS) is 15.8. The van der Waals surface area contributed by atoms with Gasteiger partial charge in [-0.3, -0.25) is 0 Å². The Labute approximate surface area is 98.0 Å². The summed E-state index contributed by atoms with van der Waals surface area (Å²) in [6.07, 6.45) is -2.18. The van der Waals surface area contributed by atoms with Crippen molar-refractivity contribution < 1.29 is 17.9 Å². The number of rotatable bonds is 3. The molecular formula is C12H14F3NO. The Bertz CT molecular complexity index is 411. The highest BCUT2D eigenvalue weighted by molar-refractivity contribution is 5.57. The second-order valence-electron chi connectivity index (χ2n) is 4.39. The van der Waals surface area contributed by atoms with Crippen LogP contribution in [-0.2, 0) is 6.18 Å². The molecule has 1 fully saturated rings. The molecule has 1 aliphatic rings. The van der Waals surface area contributed by atoms with Gasteiger partial charge in [0.1, 0.15) is 5.75 Å². The van der Waals surface area contributed by atoms with E-state index in [1.807, 2.05) is 0 Å². The standard InChI is InChI=1S/C12H14F3NO/c1-16(2)11-7-9(17-8-3-4-8)5-6-10(11)12(13,14)15/h5-8H,3-4H2,1-2H3. The number of anilines is 1. The van der Waals surface area contributed by atoms with Crippen LogP contribution in [0.1, 0.15) is 18.4 Å². The molecular weight excluding hydrogens is 231 g/mol. The highest BCUT2D eigenvalue weighted by Gasteiger charge is 2.34. The smallest absolute Gasteiger partial charge is 0.418 e. The first-order valence-corrected chi connectivity index (χ1v) is 5.43. The predicted molar refractivity (Wildman–Crippen MR) is 59.4 cm³/mol. The van der Waals surface area contributed by atoms with Crippen molar-refractivity contribution >= 4 is 5.69 Å². The number of hydrogen-bond donors (Lipinski definition) is 0. The highest BCUT2D eigenvalue weighted by atomic mass is 19.4. The van der Waals surface area contributed by atoms with Crippen LogP contribution in [0.2, 0.25) is 0 Å². The zero-order valence-electron chi connectivity index (χ0n) is 9.71. The average Bonchev–Trinajstić information content (AvgIpc) is 2.99. The number of alkyl halides is 3. The molecule has 2 rings (SSSR count). The van der Waals surface area contributed by atoms with Gasteiger partial charge in [-0.2, -0.15) is 13.2 Å². The van der Waals surface area contributed by atoms with Crippen molar-refractivity contribution in [1.82, 2.24) is 0 Å². The van der Waals surface area contributed by atoms with Gasteiger partial charge < -0.3 is 9.64 Å². The molecule has 0 atom stereocenters. The molecule has 0 radical (unpaired) electrons. The van der Waals surface area contributed by atoms with Crippen molar-refractivity contribution in [2.75, 3.05) is 19.0 Å². The van der Waals surface area contributed by atoms with Crippen molar-refractivity contribution in [1.29, 1.82) is 0 Å². The first kappa shape index (κ1) is 12.1. The van der Waals surface area contributed by atoms with Crippen LogP contribution in [0.25, 0.3) is 0 Å². The van der Waals surface area contributed by atoms with Gasteiger partial charge in [0, 0.05) is 20.2 Å². The molecule has 0 aliphatic heterocycles. The summed E-state index contributed by atoms with van der Waals surface area (Å²) in [7, 11) is 3.18. The van der Waals surface area contributed by atoms with Gasteiger partial charge in [0.05, 0.1) is 17.4 Å². The first-order valence-electron chi connectivity index (χ1n) is 5.43. The molecule has 1 saturated carbocycles. The predicted octanol–water partition coefficient (Wildman–Crippen LogP) is 3.31. The summed E-state index contributed by atoms with van der Waals surface area (Å²) in [6, 6.07) is 3.91. The number of nitrogens with zero attached hydrogens (tertiary/aromatic N) is 1. The van der Waals surface area contributed by atoms with Crippen LogP contribution in [0.3, 0.4) is 0 Å². The Hall–Kier alpha value is -1.39. The van der Waals surface area contributed by atoms with Gasteiger partial charge in [-0.25, -0.2) is 0 Å². The lowest BCUT2D eigenvalue weighted by Gasteiger charge is -2.20. The number of benzene rings is 1. The molecule has 1 aliphatic carbocycles. The molecule has 94 valence electrons. The van der Waals surface area contributed by atoms with Gasteiger partial charge in [-0.05, 0) is 25.0 Å². The fourth-order valence-corrected chi connectivity index (χ4v) is 1.57. The maximum Gasteiger partial charge on any atom is 0.418 e. The van der Waals surface area contributed by atoms with Gasteiger partial charge in [-0.1, -0.05) is 0 Å². The summed E-state index contributed by atoms with van der Waals surface area (Å²) in [6.45, 7) is 0. The number of hydrogen-bond acceptors (Lipinski definition) is 2. The number of halogens is 3. The molecule has 0 aromatic heterocycles. The largest absolute Gasteiger partial charge is 0.490 e. The average molecular weight is 245 g/mol.